The van der Waals surface area contributed by atoms with Gasteiger partial charge in [0.25, 0.3) is 0 Å². The molecule has 23 heavy (non-hydrogen) atoms. The molecule has 0 radical (unpaired) electrons. The molecule has 132 valence electrons. The smallest absolute Gasteiger partial charge is 0.226 e. The minimum atomic E-state index is -0.318. The predicted octanol–water partition coefficient (Wildman–Crippen LogP) is 3.52. The first-order valence-electron chi connectivity index (χ1n) is 7.21. The molecule has 1 amide bonds. The van der Waals surface area contributed by atoms with E-state index in [9.17, 15) is 9.18 Å². The van der Waals surface area contributed by atoms with Gasteiger partial charge in [-0.3, -0.25) is 4.79 Å². The first-order valence-corrected chi connectivity index (χ1v) is 8.37. The van der Waals surface area contributed by atoms with Crippen molar-refractivity contribution in [1.29, 1.82) is 0 Å². The molecule has 2 rings (SSSR count). The Balaban J connectivity index is 0.00000242. The Labute approximate surface area is 153 Å². The summed E-state index contributed by atoms with van der Waals surface area (Å²) < 4.78 is 13.3. The molecule has 1 fully saturated rings. The zero-order valence-electron chi connectivity index (χ0n) is 13.2. The Morgan fingerprint density at radius 1 is 1.39 bits per heavy atom. The Bertz CT molecular complexity index is 500. The van der Waals surface area contributed by atoms with Crippen LogP contribution in [0.25, 0.3) is 0 Å². The number of carbonyl (C=O) groups excluding carboxylic acids is 1. The van der Waals surface area contributed by atoms with E-state index >= 15 is 0 Å². The Morgan fingerprint density at radius 3 is 2.74 bits per heavy atom. The largest absolute Gasteiger partial charge is 0.381 e. The number of nitrogens with one attached hydrogen (secondary N) is 3. The van der Waals surface area contributed by atoms with Gasteiger partial charge in [0.2, 0.25) is 5.91 Å². The number of amides is 1. The SMILES string of the molecule is CC(C)Nc1cc(F)ccc1NC(=O)CC1CSCCN1.Cl.Cl. The van der Waals surface area contributed by atoms with Gasteiger partial charge in [-0.2, -0.15) is 11.8 Å². The standard InChI is InChI=1S/C15H22FN3OS.2ClH/c1-10(2)18-14-7-11(16)3-4-13(14)19-15(20)8-12-9-21-6-5-17-12;;/h3-4,7,10,12,17-18H,5-6,8-9H2,1-2H3,(H,19,20);2*1H. The number of hydrogen-bond donors (Lipinski definition) is 3. The second-order valence-corrected chi connectivity index (χ2v) is 6.62. The fourth-order valence-electron chi connectivity index (χ4n) is 2.23. The van der Waals surface area contributed by atoms with Crippen molar-refractivity contribution in [3.8, 4) is 0 Å². The number of halogens is 3. The molecule has 1 unspecified atom stereocenters. The van der Waals surface area contributed by atoms with Gasteiger partial charge in [0.1, 0.15) is 5.82 Å². The number of benzene rings is 1. The summed E-state index contributed by atoms with van der Waals surface area (Å²) in [7, 11) is 0. The van der Waals surface area contributed by atoms with E-state index in [1.165, 1.54) is 12.1 Å². The number of rotatable bonds is 5. The molecular formula is C15H24Cl2FN3OS. The lowest BCUT2D eigenvalue weighted by molar-refractivity contribution is -0.116. The number of hydrogen-bond acceptors (Lipinski definition) is 4. The molecular weight excluding hydrogens is 360 g/mol. The van der Waals surface area contributed by atoms with Crippen LogP contribution >= 0.6 is 36.6 Å². The summed E-state index contributed by atoms with van der Waals surface area (Å²) in [5.74, 6) is 1.68. The number of anilines is 2. The second kappa shape index (κ2) is 11.0. The molecule has 1 saturated heterocycles. The van der Waals surface area contributed by atoms with Gasteiger partial charge in [0.05, 0.1) is 11.4 Å². The third kappa shape index (κ3) is 7.61. The van der Waals surface area contributed by atoms with Gasteiger partial charge in [0, 0.05) is 36.6 Å². The maximum absolute atomic E-state index is 13.3. The topological polar surface area (TPSA) is 53.2 Å². The van der Waals surface area contributed by atoms with Gasteiger partial charge in [-0.25, -0.2) is 4.39 Å². The van der Waals surface area contributed by atoms with Crippen molar-refractivity contribution in [1.82, 2.24) is 5.32 Å². The van der Waals surface area contributed by atoms with Gasteiger partial charge >= 0.3 is 0 Å². The number of thioether (sulfide) groups is 1. The average Bonchev–Trinajstić information content (AvgIpc) is 2.42. The third-order valence-corrected chi connectivity index (χ3v) is 4.26. The minimum Gasteiger partial charge on any atom is -0.381 e. The third-order valence-electron chi connectivity index (χ3n) is 3.13. The van der Waals surface area contributed by atoms with E-state index in [1.54, 1.807) is 6.07 Å². The molecule has 0 bridgehead atoms. The fraction of sp³-hybridized carbons (Fsp3) is 0.533. The minimum absolute atomic E-state index is 0. The van der Waals surface area contributed by atoms with Crippen LogP contribution in [0.1, 0.15) is 20.3 Å². The summed E-state index contributed by atoms with van der Waals surface area (Å²) in [5, 5.41) is 9.36. The van der Waals surface area contributed by atoms with E-state index < -0.39 is 0 Å². The molecule has 3 N–H and O–H groups in total. The van der Waals surface area contributed by atoms with Crippen molar-refractivity contribution in [2.24, 2.45) is 0 Å². The molecule has 0 saturated carbocycles. The van der Waals surface area contributed by atoms with Crippen LogP contribution in [0.5, 0.6) is 0 Å². The predicted molar refractivity (Wildman–Crippen MR) is 102 cm³/mol. The summed E-state index contributed by atoms with van der Waals surface area (Å²) in [6, 6.07) is 4.74. The van der Waals surface area contributed by atoms with Gasteiger partial charge in [0.15, 0.2) is 0 Å². The first kappa shape index (κ1) is 22.3. The maximum atomic E-state index is 13.3. The van der Waals surface area contributed by atoms with Crippen LogP contribution in [0.2, 0.25) is 0 Å². The highest BCUT2D eigenvalue weighted by Crippen LogP contribution is 2.24. The van der Waals surface area contributed by atoms with Gasteiger partial charge in [-0.15, -0.1) is 24.8 Å². The monoisotopic (exact) mass is 383 g/mol. The van der Waals surface area contributed by atoms with Crippen LogP contribution in [-0.4, -0.2) is 36.0 Å². The average molecular weight is 384 g/mol. The number of carbonyl (C=O) groups is 1. The van der Waals surface area contributed by atoms with E-state index in [0.717, 1.165) is 18.1 Å². The van der Waals surface area contributed by atoms with Gasteiger partial charge in [-0.1, -0.05) is 0 Å². The van der Waals surface area contributed by atoms with Crippen LogP contribution in [0.3, 0.4) is 0 Å². The summed E-state index contributed by atoms with van der Waals surface area (Å²) in [6.45, 7) is 4.89. The normalized spacial score (nSPS) is 17.0. The summed E-state index contributed by atoms with van der Waals surface area (Å²) >= 11 is 1.86. The lowest BCUT2D eigenvalue weighted by Crippen LogP contribution is -2.40. The van der Waals surface area contributed by atoms with Crippen LogP contribution in [0, 0.1) is 5.82 Å². The molecule has 0 aliphatic carbocycles. The molecule has 1 heterocycles. The van der Waals surface area contributed by atoms with Crippen molar-refractivity contribution < 1.29 is 9.18 Å². The van der Waals surface area contributed by atoms with Gasteiger partial charge in [-0.05, 0) is 32.0 Å². The molecule has 1 aromatic carbocycles. The molecule has 1 aromatic rings. The summed E-state index contributed by atoms with van der Waals surface area (Å²) in [6.07, 6.45) is 0.436. The molecule has 1 atom stereocenters. The highest BCUT2D eigenvalue weighted by molar-refractivity contribution is 7.99. The van der Waals surface area contributed by atoms with E-state index in [4.69, 9.17) is 0 Å². The molecule has 1 aliphatic rings. The van der Waals surface area contributed by atoms with Crippen molar-refractivity contribution >= 4 is 53.9 Å². The Hall–Kier alpha value is -0.690. The van der Waals surface area contributed by atoms with Crippen LogP contribution in [0.15, 0.2) is 18.2 Å². The zero-order chi connectivity index (χ0) is 15.2. The molecule has 8 heteroatoms. The van der Waals surface area contributed by atoms with Crippen LogP contribution in [0.4, 0.5) is 15.8 Å². The summed E-state index contributed by atoms with van der Waals surface area (Å²) in [5.41, 5.74) is 1.24. The van der Waals surface area contributed by atoms with E-state index in [2.05, 4.69) is 16.0 Å². The Morgan fingerprint density at radius 2 is 2.13 bits per heavy atom. The van der Waals surface area contributed by atoms with Crippen LogP contribution < -0.4 is 16.0 Å². The lowest BCUT2D eigenvalue weighted by atomic mass is 10.2. The van der Waals surface area contributed by atoms with E-state index in [1.807, 2.05) is 25.6 Å². The maximum Gasteiger partial charge on any atom is 0.226 e. The van der Waals surface area contributed by atoms with Crippen molar-refractivity contribution in [3.63, 3.8) is 0 Å². The Kier molecular flexibility index (Phi) is 10.6. The lowest BCUT2D eigenvalue weighted by Gasteiger charge is -2.23. The highest BCUT2D eigenvalue weighted by Gasteiger charge is 2.17. The van der Waals surface area contributed by atoms with Gasteiger partial charge < -0.3 is 16.0 Å². The highest BCUT2D eigenvalue weighted by atomic mass is 35.5. The zero-order valence-corrected chi connectivity index (χ0v) is 15.7. The molecule has 1 aliphatic heterocycles. The molecule has 0 spiro atoms. The van der Waals surface area contributed by atoms with Crippen molar-refractivity contribution in [2.45, 2.75) is 32.4 Å². The van der Waals surface area contributed by atoms with E-state index in [-0.39, 0.29) is 48.6 Å². The fourth-order valence-corrected chi connectivity index (χ4v) is 3.18. The summed E-state index contributed by atoms with van der Waals surface area (Å²) in [4.78, 5) is 12.1. The second-order valence-electron chi connectivity index (χ2n) is 5.47. The quantitative estimate of drug-likeness (QED) is 0.727. The van der Waals surface area contributed by atoms with Crippen LogP contribution in [-0.2, 0) is 4.79 Å². The van der Waals surface area contributed by atoms with Crippen molar-refractivity contribution in [3.05, 3.63) is 24.0 Å². The van der Waals surface area contributed by atoms with E-state index in [0.29, 0.717) is 17.8 Å². The first-order chi connectivity index (χ1) is 10.0. The molecule has 0 aromatic heterocycles. The van der Waals surface area contributed by atoms with Crippen molar-refractivity contribution in [2.75, 3.05) is 28.7 Å². The molecule has 4 nitrogen and oxygen atoms in total.